The average molecular weight is 347 g/mol. The average Bonchev–Trinajstić information content (AvgIpc) is 3.13. The van der Waals surface area contributed by atoms with Gasteiger partial charge in [0.2, 0.25) is 5.91 Å². The summed E-state index contributed by atoms with van der Waals surface area (Å²) in [6.45, 7) is 2.65. The molecule has 2 aromatic rings. The van der Waals surface area contributed by atoms with Gasteiger partial charge in [-0.05, 0) is 36.8 Å². The molecule has 128 valence electrons. The van der Waals surface area contributed by atoms with Gasteiger partial charge in [0, 0.05) is 42.3 Å². The summed E-state index contributed by atoms with van der Waals surface area (Å²) >= 11 is 5.97. The fourth-order valence-electron chi connectivity index (χ4n) is 3.17. The molecule has 0 saturated carbocycles. The summed E-state index contributed by atoms with van der Waals surface area (Å²) in [5.41, 5.74) is 8.78. The molecule has 0 bridgehead atoms. The van der Waals surface area contributed by atoms with E-state index in [0.717, 1.165) is 16.3 Å². The number of carbonyl (C=O) groups excluding carboxylic acids is 1. The largest absolute Gasteiger partial charge is 0.353 e. The molecule has 0 spiro atoms. The summed E-state index contributed by atoms with van der Waals surface area (Å²) in [6.07, 6.45) is 2.45. The molecule has 3 unspecified atom stereocenters. The fourth-order valence-corrected chi connectivity index (χ4v) is 3.30. The van der Waals surface area contributed by atoms with Crippen molar-refractivity contribution in [3.05, 3.63) is 58.9 Å². The normalized spacial score (nSPS) is 23.4. The van der Waals surface area contributed by atoms with Crippen LogP contribution in [0.15, 0.2) is 42.6 Å². The summed E-state index contributed by atoms with van der Waals surface area (Å²) in [5, 5.41) is 3.74. The van der Waals surface area contributed by atoms with Crippen molar-refractivity contribution in [3.8, 4) is 0 Å². The highest BCUT2D eigenvalue weighted by molar-refractivity contribution is 6.30. The Morgan fingerprint density at radius 2 is 2.00 bits per heavy atom. The second kappa shape index (κ2) is 7.38. The highest BCUT2D eigenvalue weighted by atomic mass is 35.5. The Hall–Kier alpha value is -1.82. The quantitative estimate of drug-likeness (QED) is 0.779. The molecule has 1 saturated heterocycles. The highest BCUT2D eigenvalue weighted by Gasteiger charge is 2.35. The number of rotatable bonds is 5. The molecule has 1 aromatic heterocycles. The lowest BCUT2D eigenvalue weighted by molar-refractivity contribution is -0.122. The number of carbonyl (C=O) groups is 1. The topological polar surface area (TPSA) is 58.1 Å². The SMILES string of the molecule is CC1NNC(c2ccc(Cl)cc2)C1CC(=O)NCc1cccn1C. The van der Waals surface area contributed by atoms with E-state index >= 15 is 0 Å². The van der Waals surface area contributed by atoms with Gasteiger partial charge in [-0.2, -0.15) is 0 Å². The van der Waals surface area contributed by atoms with Crippen molar-refractivity contribution in [1.82, 2.24) is 20.7 Å². The predicted octanol–water partition coefficient (Wildman–Crippen LogP) is 2.54. The molecule has 24 heavy (non-hydrogen) atoms. The molecule has 1 amide bonds. The number of hydrazine groups is 1. The highest BCUT2D eigenvalue weighted by Crippen LogP contribution is 2.31. The van der Waals surface area contributed by atoms with Gasteiger partial charge >= 0.3 is 0 Å². The second-order valence-electron chi connectivity index (χ2n) is 6.36. The molecule has 6 heteroatoms. The number of nitrogens with zero attached hydrogens (tertiary/aromatic N) is 1. The number of amides is 1. The van der Waals surface area contributed by atoms with Gasteiger partial charge in [0.1, 0.15) is 0 Å². The van der Waals surface area contributed by atoms with Crippen LogP contribution in [0.5, 0.6) is 0 Å². The first-order valence-corrected chi connectivity index (χ1v) is 8.56. The Balaban J connectivity index is 1.62. The molecule has 1 fully saturated rings. The van der Waals surface area contributed by atoms with Gasteiger partial charge in [-0.25, -0.2) is 5.43 Å². The fraction of sp³-hybridized carbons (Fsp3) is 0.389. The van der Waals surface area contributed by atoms with Crippen LogP contribution in [-0.2, 0) is 18.4 Å². The molecule has 0 radical (unpaired) electrons. The van der Waals surface area contributed by atoms with Gasteiger partial charge in [0.15, 0.2) is 0 Å². The van der Waals surface area contributed by atoms with E-state index in [-0.39, 0.29) is 23.9 Å². The molecule has 3 N–H and O–H groups in total. The van der Waals surface area contributed by atoms with E-state index in [1.165, 1.54) is 0 Å². The molecular formula is C18H23ClN4O. The second-order valence-corrected chi connectivity index (χ2v) is 6.80. The van der Waals surface area contributed by atoms with Crippen molar-refractivity contribution in [2.45, 2.75) is 32.0 Å². The number of nitrogens with one attached hydrogen (secondary N) is 3. The minimum atomic E-state index is 0.0671. The Labute approximate surface area is 147 Å². The van der Waals surface area contributed by atoms with Crippen LogP contribution >= 0.6 is 11.6 Å². The predicted molar refractivity (Wildman–Crippen MR) is 95.3 cm³/mol. The van der Waals surface area contributed by atoms with Crippen molar-refractivity contribution in [2.75, 3.05) is 0 Å². The maximum absolute atomic E-state index is 12.4. The van der Waals surface area contributed by atoms with E-state index in [1.807, 2.05) is 54.2 Å². The van der Waals surface area contributed by atoms with E-state index in [0.29, 0.717) is 13.0 Å². The number of aryl methyl sites for hydroxylation is 1. The van der Waals surface area contributed by atoms with E-state index in [4.69, 9.17) is 11.6 Å². The zero-order valence-electron chi connectivity index (χ0n) is 13.9. The van der Waals surface area contributed by atoms with Gasteiger partial charge in [0.05, 0.1) is 12.6 Å². The maximum atomic E-state index is 12.4. The number of benzene rings is 1. The minimum absolute atomic E-state index is 0.0671. The van der Waals surface area contributed by atoms with Crippen molar-refractivity contribution >= 4 is 17.5 Å². The van der Waals surface area contributed by atoms with Crippen LogP contribution in [0, 0.1) is 5.92 Å². The first-order chi connectivity index (χ1) is 11.5. The van der Waals surface area contributed by atoms with Crippen LogP contribution in [0.3, 0.4) is 0 Å². The lowest BCUT2D eigenvalue weighted by Gasteiger charge is -2.21. The van der Waals surface area contributed by atoms with Crippen molar-refractivity contribution < 1.29 is 4.79 Å². The molecule has 1 aromatic carbocycles. The first-order valence-electron chi connectivity index (χ1n) is 8.18. The molecule has 1 aliphatic heterocycles. The van der Waals surface area contributed by atoms with Crippen LogP contribution < -0.4 is 16.2 Å². The standard InChI is InChI=1S/C18H23ClN4O/c1-12-16(10-17(24)20-11-15-4-3-9-23(15)2)18(22-21-12)13-5-7-14(19)8-6-13/h3-9,12,16,18,21-22H,10-11H2,1-2H3,(H,20,24). The van der Waals surface area contributed by atoms with Crippen molar-refractivity contribution in [3.63, 3.8) is 0 Å². The Morgan fingerprint density at radius 1 is 1.25 bits per heavy atom. The lowest BCUT2D eigenvalue weighted by Crippen LogP contribution is -2.31. The third-order valence-corrected chi connectivity index (χ3v) is 4.96. The number of hydrogen-bond donors (Lipinski definition) is 3. The summed E-state index contributed by atoms with van der Waals surface area (Å²) < 4.78 is 2.01. The van der Waals surface area contributed by atoms with Crippen LogP contribution in [0.4, 0.5) is 0 Å². The van der Waals surface area contributed by atoms with Gasteiger partial charge in [-0.1, -0.05) is 23.7 Å². The molecule has 1 aliphatic rings. The van der Waals surface area contributed by atoms with Crippen LogP contribution in [0.2, 0.25) is 5.02 Å². The first kappa shape index (κ1) is 17.0. The summed E-state index contributed by atoms with van der Waals surface area (Å²) in [4.78, 5) is 12.4. The monoisotopic (exact) mass is 346 g/mol. The van der Waals surface area contributed by atoms with Gasteiger partial charge in [0.25, 0.3) is 0 Å². The van der Waals surface area contributed by atoms with E-state index in [1.54, 1.807) is 0 Å². The number of hydrogen-bond acceptors (Lipinski definition) is 3. The lowest BCUT2D eigenvalue weighted by atomic mass is 9.87. The summed E-state index contributed by atoms with van der Waals surface area (Å²) in [7, 11) is 1.98. The van der Waals surface area contributed by atoms with E-state index < -0.39 is 0 Å². The molecular weight excluding hydrogens is 324 g/mol. The Morgan fingerprint density at radius 3 is 2.67 bits per heavy atom. The van der Waals surface area contributed by atoms with E-state index in [2.05, 4.69) is 23.1 Å². The third kappa shape index (κ3) is 3.80. The zero-order chi connectivity index (χ0) is 17.1. The Kier molecular flexibility index (Phi) is 5.23. The molecule has 2 heterocycles. The molecule has 0 aliphatic carbocycles. The Bertz CT molecular complexity index is 697. The van der Waals surface area contributed by atoms with Gasteiger partial charge in [-0.3, -0.25) is 10.2 Å². The summed E-state index contributed by atoms with van der Waals surface area (Å²) in [6, 6.07) is 12.1. The van der Waals surface area contributed by atoms with Gasteiger partial charge < -0.3 is 9.88 Å². The summed E-state index contributed by atoms with van der Waals surface area (Å²) in [5.74, 6) is 0.247. The smallest absolute Gasteiger partial charge is 0.220 e. The van der Waals surface area contributed by atoms with E-state index in [9.17, 15) is 4.79 Å². The molecule has 3 atom stereocenters. The van der Waals surface area contributed by atoms with Crippen LogP contribution in [-0.4, -0.2) is 16.5 Å². The third-order valence-electron chi connectivity index (χ3n) is 4.71. The van der Waals surface area contributed by atoms with Gasteiger partial charge in [-0.15, -0.1) is 0 Å². The number of halogens is 1. The van der Waals surface area contributed by atoms with Crippen LogP contribution in [0.1, 0.15) is 30.6 Å². The zero-order valence-corrected chi connectivity index (χ0v) is 14.7. The molecule has 5 nitrogen and oxygen atoms in total. The maximum Gasteiger partial charge on any atom is 0.220 e. The number of aromatic nitrogens is 1. The minimum Gasteiger partial charge on any atom is -0.353 e. The molecule has 3 rings (SSSR count). The van der Waals surface area contributed by atoms with Crippen LogP contribution in [0.25, 0.3) is 0 Å². The van der Waals surface area contributed by atoms with Crippen molar-refractivity contribution in [2.24, 2.45) is 13.0 Å². The van der Waals surface area contributed by atoms with Crippen molar-refractivity contribution in [1.29, 1.82) is 0 Å².